The van der Waals surface area contributed by atoms with Gasteiger partial charge in [0.05, 0.1) is 16.6 Å². The molecule has 3 aliphatic heterocycles. The van der Waals surface area contributed by atoms with Gasteiger partial charge in [-0.25, -0.2) is 0 Å². The number of aliphatic hydroxyl groups excluding tert-OH is 1. The Morgan fingerprint density at radius 3 is 2.53 bits per heavy atom. The van der Waals surface area contributed by atoms with Gasteiger partial charge in [-0.15, -0.1) is 24.9 Å². The molecule has 0 aromatic rings. The average Bonchev–Trinajstić information content (AvgIpc) is 3.44. The van der Waals surface area contributed by atoms with Crippen molar-refractivity contribution in [3.05, 3.63) is 25.3 Å². The number of hydrogen-bond acceptors (Lipinski definition) is 5. The van der Waals surface area contributed by atoms with Gasteiger partial charge in [-0.05, 0) is 32.1 Å². The summed E-state index contributed by atoms with van der Waals surface area (Å²) in [4.78, 5) is 47.2. The van der Waals surface area contributed by atoms with Crippen LogP contribution >= 0.6 is 27.7 Å². The summed E-state index contributed by atoms with van der Waals surface area (Å²) in [5.41, 5.74) is 0. The van der Waals surface area contributed by atoms with Crippen LogP contribution in [0.1, 0.15) is 51.9 Å². The van der Waals surface area contributed by atoms with Gasteiger partial charge in [0, 0.05) is 49.9 Å². The van der Waals surface area contributed by atoms with Crippen LogP contribution in [0.4, 0.5) is 0 Å². The van der Waals surface area contributed by atoms with Crippen LogP contribution in [0.5, 0.6) is 0 Å². The van der Waals surface area contributed by atoms with Gasteiger partial charge in [0.25, 0.3) is 0 Å². The number of likely N-dealkylation sites (tertiary alicyclic amines) is 1. The normalized spacial score (nSPS) is 30.4. The van der Waals surface area contributed by atoms with E-state index in [9.17, 15) is 19.5 Å². The zero-order chi connectivity index (χ0) is 26.5. The molecular formula is C27H42BrN3O4S. The number of aliphatic hydroxyl groups is 1. The summed E-state index contributed by atoms with van der Waals surface area (Å²) in [5.74, 6) is -1.10. The number of halogens is 1. The highest BCUT2D eigenvalue weighted by atomic mass is 79.9. The Kier molecular flexibility index (Phi) is 10.5. The monoisotopic (exact) mass is 583 g/mol. The number of rotatable bonds is 15. The quantitative estimate of drug-likeness (QED) is 0.181. The van der Waals surface area contributed by atoms with Crippen LogP contribution in [-0.2, 0) is 14.4 Å². The first-order chi connectivity index (χ1) is 17.3. The van der Waals surface area contributed by atoms with Crippen LogP contribution in [0.25, 0.3) is 0 Å². The summed E-state index contributed by atoms with van der Waals surface area (Å²) in [5, 5.41) is 9.17. The topological polar surface area (TPSA) is 81.2 Å². The van der Waals surface area contributed by atoms with Gasteiger partial charge in [-0.1, -0.05) is 47.8 Å². The first-order valence-electron chi connectivity index (χ1n) is 13.3. The average molecular weight is 585 g/mol. The SMILES string of the molecule is C=CCN(C)C(=O)[C@H]1[C@H]2C(=O)N(CCCCCO)C(C(=O)N(CC=C)CCCCC)C23CC(Br)[C@@H]1S3. The lowest BCUT2D eigenvalue weighted by molar-refractivity contribution is -0.144. The van der Waals surface area contributed by atoms with Crippen molar-refractivity contribution >= 4 is 45.4 Å². The van der Waals surface area contributed by atoms with Crippen LogP contribution in [0.2, 0.25) is 0 Å². The zero-order valence-electron chi connectivity index (χ0n) is 21.7. The van der Waals surface area contributed by atoms with E-state index in [1.165, 1.54) is 0 Å². The van der Waals surface area contributed by atoms with Gasteiger partial charge in [0.15, 0.2) is 0 Å². The first kappa shape index (κ1) is 29.2. The number of alkyl halides is 1. The Bertz CT molecular complexity index is 842. The molecule has 36 heavy (non-hydrogen) atoms. The predicted molar refractivity (Wildman–Crippen MR) is 149 cm³/mol. The molecule has 3 amide bonds. The fraction of sp³-hybridized carbons (Fsp3) is 0.741. The van der Waals surface area contributed by atoms with Crippen molar-refractivity contribution in [2.75, 3.05) is 39.8 Å². The molecule has 2 bridgehead atoms. The maximum atomic E-state index is 14.2. The molecule has 6 atom stereocenters. The lowest BCUT2D eigenvalue weighted by Gasteiger charge is -2.38. The highest BCUT2D eigenvalue weighted by molar-refractivity contribution is 9.09. The highest BCUT2D eigenvalue weighted by Crippen LogP contribution is 2.68. The Balaban J connectivity index is 1.98. The van der Waals surface area contributed by atoms with Crippen LogP contribution in [-0.4, -0.2) is 98.2 Å². The fourth-order valence-corrected chi connectivity index (χ4v) is 9.81. The summed E-state index contributed by atoms with van der Waals surface area (Å²) < 4.78 is -0.622. The summed E-state index contributed by atoms with van der Waals surface area (Å²) in [6.45, 7) is 11.8. The van der Waals surface area contributed by atoms with Gasteiger partial charge in [0.2, 0.25) is 17.7 Å². The molecule has 202 valence electrons. The van der Waals surface area contributed by atoms with E-state index in [1.807, 2.05) is 4.90 Å². The van der Waals surface area contributed by atoms with Crippen LogP contribution in [0, 0.1) is 11.8 Å². The standard InChI is InChI=1S/C27H42BrN3O4S/c1-5-8-10-15-30(14-7-3)26(35)23-27-18-19(28)22(36-27)20(24(33)29(4)13-6-2)21(27)25(34)31(23)16-11-9-12-17-32/h6-7,19-23,32H,2-3,5,8-18H2,1,4H3/t19?,20-,21-,22-,23?,27?/m0/s1. The minimum atomic E-state index is -0.622. The number of hydrogen-bond donors (Lipinski definition) is 1. The number of likely N-dealkylation sites (N-methyl/N-ethyl adjacent to an activating group) is 1. The van der Waals surface area contributed by atoms with Crippen molar-refractivity contribution in [2.24, 2.45) is 11.8 Å². The molecule has 3 fully saturated rings. The summed E-state index contributed by atoms with van der Waals surface area (Å²) >= 11 is 5.51. The molecule has 1 N–H and O–H groups in total. The van der Waals surface area contributed by atoms with Crippen LogP contribution < -0.4 is 0 Å². The van der Waals surface area contributed by atoms with E-state index < -0.39 is 22.6 Å². The van der Waals surface area contributed by atoms with Crippen molar-refractivity contribution in [3.63, 3.8) is 0 Å². The van der Waals surface area contributed by atoms with E-state index in [0.717, 1.165) is 32.1 Å². The summed E-state index contributed by atoms with van der Waals surface area (Å²) in [6.07, 6.45) is 9.32. The Morgan fingerprint density at radius 1 is 1.17 bits per heavy atom. The molecule has 0 aliphatic carbocycles. The van der Waals surface area contributed by atoms with Gasteiger partial charge >= 0.3 is 0 Å². The molecule has 3 unspecified atom stereocenters. The molecule has 9 heteroatoms. The fourth-order valence-electron chi connectivity index (χ4n) is 6.21. The molecule has 0 saturated carbocycles. The van der Waals surface area contributed by atoms with Gasteiger partial charge in [-0.3, -0.25) is 14.4 Å². The number of thioether (sulfide) groups is 1. The van der Waals surface area contributed by atoms with E-state index in [4.69, 9.17) is 0 Å². The summed E-state index contributed by atoms with van der Waals surface area (Å²) in [7, 11) is 1.75. The number of carbonyl (C=O) groups excluding carboxylic acids is 3. The third-order valence-corrected chi connectivity index (χ3v) is 11.1. The van der Waals surface area contributed by atoms with Crippen LogP contribution in [0.3, 0.4) is 0 Å². The van der Waals surface area contributed by atoms with Gasteiger partial charge in [0.1, 0.15) is 6.04 Å². The molecular weight excluding hydrogens is 542 g/mol. The molecule has 3 saturated heterocycles. The Labute approximate surface area is 228 Å². The number of unbranched alkanes of at least 4 members (excludes halogenated alkanes) is 4. The minimum absolute atomic E-state index is 0.0237. The number of carbonyl (C=O) groups is 3. The van der Waals surface area contributed by atoms with E-state index in [2.05, 4.69) is 36.0 Å². The second-order valence-corrected chi connectivity index (χ2v) is 13.0. The molecule has 7 nitrogen and oxygen atoms in total. The van der Waals surface area contributed by atoms with Crippen molar-refractivity contribution in [1.29, 1.82) is 0 Å². The van der Waals surface area contributed by atoms with E-state index in [-0.39, 0.29) is 34.4 Å². The van der Waals surface area contributed by atoms with Crippen molar-refractivity contribution in [3.8, 4) is 0 Å². The molecule has 0 radical (unpaired) electrons. The maximum Gasteiger partial charge on any atom is 0.247 e. The van der Waals surface area contributed by atoms with Gasteiger partial charge < -0.3 is 19.8 Å². The third-order valence-electron chi connectivity index (χ3n) is 7.84. The highest BCUT2D eigenvalue weighted by Gasteiger charge is 2.75. The van der Waals surface area contributed by atoms with Crippen molar-refractivity contribution < 1.29 is 19.5 Å². The molecule has 0 aromatic heterocycles. The lowest BCUT2D eigenvalue weighted by Crippen LogP contribution is -2.56. The smallest absolute Gasteiger partial charge is 0.247 e. The zero-order valence-corrected chi connectivity index (χ0v) is 24.1. The molecule has 3 heterocycles. The van der Waals surface area contributed by atoms with E-state index in [0.29, 0.717) is 39.0 Å². The van der Waals surface area contributed by atoms with Crippen molar-refractivity contribution in [2.45, 2.75) is 72.7 Å². The largest absolute Gasteiger partial charge is 0.396 e. The number of amides is 3. The second-order valence-electron chi connectivity index (χ2n) is 10.3. The Hall–Kier alpha value is -1.32. The minimum Gasteiger partial charge on any atom is -0.396 e. The second kappa shape index (κ2) is 13.0. The molecule has 3 rings (SSSR count). The molecule has 1 spiro atoms. The molecule has 3 aliphatic rings. The maximum absolute atomic E-state index is 14.2. The number of nitrogens with zero attached hydrogens (tertiary/aromatic N) is 3. The van der Waals surface area contributed by atoms with E-state index >= 15 is 0 Å². The third kappa shape index (κ3) is 5.44. The molecule has 0 aromatic carbocycles. The van der Waals surface area contributed by atoms with Gasteiger partial charge in [-0.2, -0.15) is 0 Å². The lowest BCUT2D eigenvalue weighted by atomic mass is 9.70. The predicted octanol–water partition coefficient (Wildman–Crippen LogP) is 3.46. The first-order valence-corrected chi connectivity index (χ1v) is 15.1. The number of fused-ring (bicyclic) bond motifs is 1. The summed E-state index contributed by atoms with van der Waals surface area (Å²) in [6, 6.07) is -0.594. The van der Waals surface area contributed by atoms with Crippen molar-refractivity contribution in [1.82, 2.24) is 14.7 Å². The van der Waals surface area contributed by atoms with Crippen LogP contribution in [0.15, 0.2) is 25.3 Å². The Morgan fingerprint density at radius 2 is 1.89 bits per heavy atom. The van der Waals surface area contributed by atoms with E-state index in [1.54, 1.807) is 40.8 Å².